The second kappa shape index (κ2) is 10.4. The number of carbonyl (C=O) groups is 2. The van der Waals surface area contributed by atoms with Gasteiger partial charge in [0.25, 0.3) is 10.1 Å². The molecule has 2 aliphatic carbocycles. The van der Waals surface area contributed by atoms with E-state index in [9.17, 15) is 18.0 Å². The number of carbonyl (C=O) groups excluding carboxylic acids is 2. The quantitative estimate of drug-likeness (QED) is 0.198. The van der Waals surface area contributed by atoms with Crippen LogP contribution in [-0.4, -0.2) is 86.9 Å². The zero-order chi connectivity index (χ0) is 24.2. The van der Waals surface area contributed by atoms with Crippen molar-refractivity contribution in [2.24, 2.45) is 5.11 Å². The van der Waals surface area contributed by atoms with E-state index in [2.05, 4.69) is 10.0 Å². The van der Waals surface area contributed by atoms with Crippen LogP contribution in [0.15, 0.2) is 23.3 Å². The molecule has 3 rings (SSSR count). The average Bonchev–Trinajstić information content (AvgIpc) is 3.07. The Morgan fingerprint density at radius 3 is 2.45 bits per heavy atom. The van der Waals surface area contributed by atoms with Crippen molar-refractivity contribution in [3.05, 3.63) is 50.9 Å². The molecule has 33 heavy (non-hydrogen) atoms. The van der Waals surface area contributed by atoms with Crippen LogP contribution in [-0.2, 0) is 20.7 Å². The smallest absolute Gasteiger partial charge is 0.264 e. The summed E-state index contributed by atoms with van der Waals surface area (Å²) in [6.07, 6.45) is 1.98. The minimum atomic E-state index is -3.92. The van der Waals surface area contributed by atoms with Gasteiger partial charge >= 0.3 is 0 Å². The summed E-state index contributed by atoms with van der Waals surface area (Å²) in [5, 5.41) is 22.0. The average molecular weight is 480 g/mol. The van der Waals surface area contributed by atoms with Gasteiger partial charge in [0.1, 0.15) is 12.4 Å². The van der Waals surface area contributed by atoms with Crippen molar-refractivity contribution < 1.29 is 37.1 Å². The molecule has 0 bridgehead atoms. The Bertz CT molecular complexity index is 1120. The maximum Gasteiger partial charge on any atom is 0.264 e. The van der Waals surface area contributed by atoms with Gasteiger partial charge in [0.2, 0.25) is 0 Å². The molecule has 0 amide bonds. The number of hydrogen-bond acceptors (Lipinski definition) is 10. The highest BCUT2D eigenvalue weighted by Crippen LogP contribution is 2.46. The number of aliphatic hydroxyl groups excluding tert-OH is 2. The van der Waals surface area contributed by atoms with Crippen LogP contribution in [0.1, 0.15) is 37.9 Å². The first kappa shape index (κ1) is 24.8. The third-order valence-corrected chi connectivity index (χ3v) is 5.96. The van der Waals surface area contributed by atoms with Crippen LogP contribution in [0.3, 0.4) is 0 Å². The van der Waals surface area contributed by atoms with Gasteiger partial charge < -0.3 is 14.9 Å². The number of ketones is 2. The third kappa shape index (κ3) is 5.58. The fraction of sp³-hybridized carbons (Fsp3) is 0.500. The van der Waals surface area contributed by atoms with Crippen LogP contribution < -0.4 is 4.74 Å². The number of benzene rings is 1. The van der Waals surface area contributed by atoms with Gasteiger partial charge in [0, 0.05) is 47.7 Å². The van der Waals surface area contributed by atoms with Crippen LogP contribution >= 0.6 is 0 Å². The normalized spacial score (nSPS) is 19.4. The Hall–Kier alpha value is -2.80. The van der Waals surface area contributed by atoms with Crippen molar-refractivity contribution in [1.82, 2.24) is 4.90 Å². The largest absolute Gasteiger partial charge is 0.492 e. The molecule has 2 N–H and O–H groups in total. The lowest BCUT2D eigenvalue weighted by Crippen LogP contribution is -2.33. The number of nitrogens with zero attached hydrogens (tertiary/aromatic N) is 4. The molecule has 12 nitrogen and oxygen atoms in total. The molecule has 0 aromatic heterocycles. The zero-order valence-corrected chi connectivity index (χ0v) is 18.7. The number of rotatable bonds is 11. The number of fused-ring (bicyclic) bond motifs is 3. The van der Waals surface area contributed by atoms with E-state index in [-0.39, 0.29) is 43.1 Å². The number of azide groups is 1. The van der Waals surface area contributed by atoms with E-state index in [4.69, 9.17) is 24.7 Å². The van der Waals surface area contributed by atoms with Crippen LogP contribution in [0, 0.1) is 0 Å². The Kier molecular flexibility index (Phi) is 7.84. The monoisotopic (exact) mass is 480 g/mol. The van der Waals surface area contributed by atoms with E-state index >= 15 is 0 Å². The van der Waals surface area contributed by atoms with Crippen LogP contribution in [0.4, 0.5) is 0 Å². The first-order valence-electron chi connectivity index (χ1n) is 10.2. The first-order chi connectivity index (χ1) is 15.7. The lowest BCUT2D eigenvalue weighted by molar-refractivity contribution is 0.0992. The minimum absolute atomic E-state index is 0.0698. The maximum absolute atomic E-state index is 12.6. The molecule has 178 valence electrons. The van der Waals surface area contributed by atoms with Crippen molar-refractivity contribution in [3.63, 3.8) is 0 Å². The highest BCUT2D eigenvalue weighted by molar-refractivity contribution is 7.86. The molecule has 1 aromatic rings. The van der Waals surface area contributed by atoms with Crippen molar-refractivity contribution >= 4 is 21.7 Å². The Morgan fingerprint density at radius 1 is 1.18 bits per heavy atom. The first-order valence-corrected chi connectivity index (χ1v) is 12.0. The molecule has 2 unspecified atom stereocenters. The number of ether oxygens (including phenoxy) is 1. The summed E-state index contributed by atoms with van der Waals surface area (Å²) in [5.41, 5.74) is 9.95. The summed E-state index contributed by atoms with van der Waals surface area (Å²) < 4.78 is 34.6. The van der Waals surface area contributed by atoms with Gasteiger partial charge in [-0.25, -0.2) is 0 Å². The SMILES string of the molecule is CS(=O)(=O)OC1Cc2c3c(cc(OCCN(CCO)CCO)c2C1N=[N+]=[N-])C(=O)C=CC3=O. The fourth-order valence-electron chi connectivity index (χ4n) is 4.08. The Labute approximate surface area is 190 Å². The molecule has 2 atom stereocenters. The molecule has 1 aromatic carbocycles. The Morgan fingerprint density at radius 2 is 1.85 bits per heavy atom. The molecule has 0 saturated carbocycles. The highest BCUT2D eigenvalue weighted by Gasteiger charge is 2.42. The molecule has 0 heterocycles. The summed E-state index contributed by atoms with van der Waals surface area (Å²) in [7, 11) is -3.92. The molecule has 0 spiro atoms. The second-order valence-electron chi connectivity index (χ2n) is 7.58. The topological polar surface area (TPSA) is 179 Å². The Balaban J connectivity index is 2.04. The zero-order valence-electron chi connectivity index (χ0n) is 17.9. The summed E-state index contributed by atoms with van der Waals surface area (Å²) in [5.74, 6) is -0.665. The summed E-state index contributed by atoms with van der Waals surface area (Å²) in [4.78, 5) is 29.7. The van der Waals surface area contributed by atoms with Gasteiger partial charge in [0.15, 0.2) is 11.6 Å². The van der Waals surface area contributed by atoms with Gasteiger partial charge in [0.05, 0.1) is 31.6 Å². The van der Waals surface area contributed by atoms with E-state index < -0.39 is 33.8 Å². The maximum atomic E-state index is 12.6. The van der Waals surface area contributed by atoms with Gasteiger partial charge in [-0.15, -0.1) is 0 Å². The number of allylic oxidation sites excluding steroid dienone is 2. The van der Waals surface area contributed by atoms with E-state index in [1.807, 2.05) is 0 Å². The molecule has 13 heteroatoms. The summed E-state index contributed by atoms with van der Waals surface area (Å²) >= 11 is 0. The van der Waals surface area contributed by atoms with Crippen molar-refractivity contribution in [1.29, 1.82) is 0 Å². The van der Waals surface area contributed by atoms with E-state index in [1.54, 1.807) is 4.90 Å². The lowest BCUT2D eigenvalue weighted by atomic mass is 9.88. The molecular formula is C20H24N4O8S. The number of aliphatic hydroxyl groups is 2. The molecule has 0 fully saturated rings. The van der Waals surface area contributed by atoms with Crippen molar-refractivity contribution in [2.75, 3.05) is 45.7 Å². The second-order valence-corrected chi connectivity index (χ2v) is 9.18. The molecule has 2 aliphatic rings. The molecule has 0 radical (unpaired) electrons. The van der Waals surface area contributed by atoms with Crippen molar-refractivity contribution in [3.8, 4) is 5.75 Å². The highest BCUT2D eigenvalue weighted by atomic mass is 32.2. The predicted molar refractivity (Wildman–Crippen MR) is 116 cm³/mol. The number of hydrogen-bond donors (Lipinski definition) is 2. The van der Waals surface area contributed by atoms with Gasteiger partial charge in [-0.05, 0) is 29.3 Å². The third-order valence-electron chi connectivity index (χ3n) is 5.36. The molecule has 0 aliphatic heterocycles. The molecular weight excluding hydrogens is 456 g/mol. The standard InChI is InChI=1S/C20H24N4O8S/c1-33(29,30)32-17-11-13-18-12(14(27)2-3-15(18)28)10-16(19(13)20(17)22-23-21)31-9-6-24(4-7-25)5-8-26/h2-3,10,17,20,25-26H,4-9,11H2,1H3. The van der Waals surface area contributed by atoms with Gasteiger partial charge in [-0.3, -0.25) is 18.7 Å². The van der Waals surface area contributed by atoms with Gasteiger partial charge in [-0.2, -0.15) is 8.42 Å². The minimum Gasteiger partial charge on any atom is -0.492 e. The lowest BCUT2D eigenvalue weighted by Gasteiger charge is -2.23. The van der Waals surface area contributed by atoms with E-state index in [1.165, 1.54) is 6.07 Å². The van der Waals surface area contributed by atoms with Crippen LogP contribution in [0.25, 0.3) is 10.4 Å². The van der Waals surface area contributed by atoms with Crippen LogP contribution in [0.2, 0.25) is 0 Å². The predicted octanol–water partition coefficient (Wildman–Crippen LogP) is 0.539. The van der Waals surface area contributed by atoms with E-state index in [0.29, 0.717) is 30.8 Å². The van der Waals surface area contributed by atoms with E-state index in [0.717, 1.165) is 18.4 Å². The van der Waals surface area contributed by atoms with Crippen molar-refractivity contribution in [2.45, 2.75) is 18.6 Å². The summed E-state index contributed by atoms with van der Waals surface area (Å²) in [6.45, 7) is 0.825. The summed E-state index contributed by atoms with van der Waals surface area (Å²) in [6, 6.07) is 0.295. The van der Waals surface area contributed by atoms with Crippen LogP contribution in [0.5, 0.6) is 5.75 Å². The van der Waals surface area contributed by atoms with Gasteiger partial charge in [-0.1, -0.05) is 5.11 Å². The molecule has 0 saturated heterocycles. The fourth-order valence-corrected chi connectivity index (χ4v) is 4.71.